The van der Waals surface area contributed by atoms with E-state index < -0.39 is 0 Å². The number of nitrogens with zero attached hydrogens (tertiary/aromatic N) is 1. The van der Waals surface area contributed by atoms with E-state index in [2.05, 4.69) is 10.3 Å². The van der Waals surface area contributed by atoms with Gasteiger partial charge in [-0.15, -0.1) is 0 Å². The van der Waals surface area contributed by atoms with Gasteiger partial charge in [0.2, 0.25) is 0 Å². The van der Waals surface area contributed by atoms with Crippen LogP contribution in [0.5, 0.6) is 11.5 Å². The minimum atomic E-state index is -0.330. The number of aromatic nitrogens is 1. The summed E-state index contributed by atoms with van der Waals surface area (Å²) in [6, 6.07) is 6.76. The number of nitrogens with one attached hydrogen (secondary N) is 1. The van der Waals surface area contributed by atoms with Crippen molar-refractivity contribution in [2.75, 3.05) is 19.5 Å². The van der Waals surface area contributed by atoms with E-state index in [1.807, 2.05) is 6.92 Å². The van der Waals surface area contributed by atoms with Crippen LogP contribution in [0.2, 0.25) is 5.15 Å². The number of benzene rings is 1. The highest BCUT2D eigenvalue weighted by Crippen LogP contribution is 2.33. The third kappa shape index (κ3) is 3.25. The van der Waals surface area contributed by atoms with E-state index in [0.717, 1.165) is 5.56 Å². The van der Waals surface area contributed by atoms with Crippen LogP contribution in [0, 0.1) is 6.92 Å². The van der Waals surface area contributed by atoms with Gasteiger partial charge in [-0.25, -0.2) is 4.98 Å². The number of rotatable bonds is 4. The number of ether oxygens (including phenoxy) is 2. The number of aryl methyl sites for hydroxylation is 1. The number of anilines is 1. The Morgan fingerprint density at radius 3 is 2.52 bits per heavy atom. The lowest BCUT2D eigenvalue weighted by Gasteiger charge is -2.13. The van der Waals surface area contributed by atoms with Crippen molar-refractivity contribution < 1.29 is 14.3 Å². The van der Waals surface area contributed by atoms with E-state index in [1.54, 1.807) is 31.4 Å². The smallest absolute Gasteiger partial charge is 0.258 e. The first-order valence-corrected chi connectivity index (χ1v) is 6.59. The van der Waals surface area contributed by atoms with Crippen LogP contribution in [-0.4, -0.2) is 25.1 Å². The van der Waals surface area contributed by atoms with Gasteiger partial charge >= 0.3 is 0 Å². The SMILES string of the molecule is COc1cc(C)c(NC(=O)c2cccnc2Cl)cc1OC. The maximum Gasteiger partial charge on any atom is 0.258 e. The molecule has 0 spiro atoms. The average Bonchev–Trinajstić information content (AvgIpc) is 2.49. The molecule has 1 N–H and O–H groups in total. The zero-order valence-corrected chi connectivity index (χ0v) is 12.7. The number of hydrogen-bond donors (Lipinski definition) is 1. The van der Waals surface area contributed by atoms with E-state index >= 15 is 0 Å². The van der Waals surface area contributed by atoms with Crippen molar-refractivity contribution in [1.82, 2.24) is 4.98 Å². The van der Waals surface area contributed by atoms with Crippen LogP contribution in [0.3, 0.4) is 0 Å². The van der Waals surface area contributed by atoms with Crippen molar-refractivity contribution in [3.8, 4) is 11.5 Å². The first-order valence-electron chi connectivity index (χ1n) is 6.21. The second-order valence-corrected chi connectivity index (χ2v) is 4.68. The van der Waals surface area contributed by atoms with Crippen LogP contribution in [-0.2, 0) is 0 Å². The molecule has 0 atom stereocenters. The molecule has 0 fully saturated rings. The largest absolute Gasteiger partial charge is 0.493 e. The number of pyridine rings is 1. The number of halogens is 1. The molecule has 0 bridgehead atoms. The highest BCUT2D eigenvalue weighted by atomic mass is 35.5. The van der Waals surface area contributed by atoms with Crippen LogP contribution >= 0.6 is 11.6 Å². The van der Waals surface area contributed by atoms with E-state index in [1.165, 1.54) is 13.3 Å². The second kappa shape index (κ2) is 6.45. The Morgan fingerprint density at radius 1 is 1.24 bits per heavy atom. The Morgan fingerprint density at radius 2 is 1.90 bits per heavy atom. The van der Waals surface area contributed by atoms with Gasteiger partial charge in [-0.3, -0.25) is 4.79 Å². The summed E-state index contributed by atoms with van der Waals surface area (Å²) >= 11 is 5.91. The first kappa shape index (κ1) is 15.1. The predicted octanol–water partition coefficient (Wildman–Crippen LogP) is 3.31. The molecule has 21 heavy (non-hydrogen) atoms. The van der Waals surface area contributed by atoms with Crippen LogP contribution in [0.1, 0.15) is 15.9 Å². The Labute approximate surface area is 127 Å². The lowest BCUT2D eigenvalue weighted by atomic mass is 10.1. The topological polar surface area (TPSA) is 60.5 Å². The summed E-state index contributed by atoms with van der Waals surface area (Å²) in [5.74, 6) is 0.812. The third-order valence-corrected chi connectivity index (χ3v) is 3.28. The summed E-state index contributed by atoms with van der Waals surface area (Å²) in [4.78, 5) is 16.1. The quantitative estimate of drug-likeness (QED) is 0.880. The fraction of sp³-hybridized carbons (Fsp3) is 0.200. The molecule has 0 saturated heterocycles. The van der Waals surface area contributed by atoms with Crippen molar-refractivity contribution in [3.05, 3.63) is 46.7 Å². The fourth-order valence-corrected chi connectivity index (χ4v) is 2.07. The molecule has 0 radical (unpaired) electrons. The molecule has 2 rings (SSSR count). The van der Waals surface area contributed by atoms with Crippen molar-refractivity contribution in [2.24, 2.45) is 0 Å². The van der Waals surface area contributed by atoms with Crippen molar-refractivity contribution >= 4 is 23.2 Å². The Kier molecular flexibility index (Phi) is 4.65. The predicted molar refractivity (Wildman–Crippen MR) is 81.5 cm³/mol. The molecule has 1 aromatic heterocycles. The standard InChI is InChI=1S/C15H15ClN2O3/c1-9-7-12(20-2)13(21-3)8-11(9)18-15(19)10-5-4-6-17-14(10)16/h4-8H,1-3H3,(H,18,19). The van der Waals surface area contributed by atoms with Gasteiger partial charge in [0, 0.05) is 18.0 Å². The zero-order valence-electron chi connectivity index (χ0n) is 11.9. The van der Waals surface area contributed by atoms with Crippen LogP contribution in [0.15, 0.2) is 30.5 Å². The molecular formula is C15H15ClN2O3. The molecule has 0 saturated carbocycles. The van der Waals surface area contributed by atoms with Gasteiger partial charge in [-0.2, -0.15) is 0 Å². The van der Waals surface area contributed by atoms with Gasteiger partial charge in [0.25, 0.3) is 5.91 Å². The first-order chi connectivity index (χ1) is 10.1. The molecule has 5 nitrogen and oxygen atoms in total. The molecule has 0 aliphatic carbocycles. The molecular weight excluding hydrogens is 292 g/mol. The molecule has 0 aliphatic rings. The number of amides is 1. The molecule has 6 heteroatoms. The van der Waals surface area contributed by atoms with E-state index in [0.29, 0.717) is 22.7 Å². The minimum absolute atomic E-state index is 0.160. The van der Waals surface area contributed by atoms with Crippen molar-refractivity contribution in [1.29, 1.82) is 0 Å². The van der Waals surface area contributed by atoms with Gasteiger partial charge in [0.05, 0.1) is 19.8 Å². The number of carbonyl (C=O) groups is 1. The van der Waals surface area contributed by atoms with Gasteiger partial charge in [-0.1, -0.05) is 11.6 Å². The second-order valence-electron chi connectivity index (χ2n) is 4.32. The number of hydrogen-bond acceptors (Lipinski definition) is 4. The highest BCUT2D eigenvalue weighted by molar-refractivity contribution is 6.33. The van der Waals surface area contributed by atoms with E-state index in [9.17, 15) is 4.79 Å². The number of carbonyl (C=O) groups excluding carboxylic acids is 1. The lowest BCUT2D eigenvalue weighted by Crippen LogP contribution is -2.14. The molecule has 110 valence electrons. The van der Waals surface area contributed by atoms with Crippen LogP contribution in [0.25, 0.3) is 0 Å². The average molecular weight is 307 g/mol. The Balaban J connectivity index is 2.31. The molecule has 0 aliphatic heterocycles. The van der Waals surface area contributed by atoms with Gasteiger partial charge in [-0.05, 0) is 30.7 Å². The highest BCUT2D eigenvalue weighted by Gasteiger charge is 2.14. The molecule has 1 aromatic carbocycles. The minimum Gasteiger partial charge on any atom is -0.493 e. The summed E-state index contributed by atoms with van der Waals surface area (Å²) in [5, 5.41) is 2.95. The maximum atomic E-state index is 12.2. The zero-order chi connectivity index (χ0) is 15.4. The van der Waals surface area contributed by atoms with E-state index in [4.69, 9.17) is 21.1 Å². The maximum absolute atomic E-state index is 12.2. The van der Waals surface area contributed by atoms with Gasteiger partial charge < -0.3 is 14.8 Å². The Bertz CT molecular complexity index is 674. The molecule has 0 unspecified atom stereocenters. The van der Waals surface area contributed by atoms with Crippen molar-refractivity contribution in [2.45, 2.75) is 6.92 Å². The molecule has 1 heterocycles. The summed E-state index contributed by atoms with van der Waals surface area (Å²) in [6.07, 6.45) is 1.53. The van der Waals surface area contributed by atoms with Gasteiger partial charge in [0.15, 0.2) is 11.5 Å². The fourth-order valence-electron chi connectivity index (χ4n) is 1.86. The van der Waals surface area contributed by atoms with E-state index in [-0.39, 0.29) is 11.1 Å². The van der Waals surface area contributed by atoms with Crippen molar-refractivity contribution in [3.63, 3.8) is 0 Å². The number of methoxy groups -OCH3 is 2. The summed E-state index contributed by atoms with van der Waals surface area (Å²) < 4.78 is 10.4. The summed E-state index contributed by atoms with van der Waals surface area (Å²) in [7, 11) is 3.10. The van der Waals surface area contributed by atoms with Crippen LogP contribution < -0.4 is 14.8 Å². The molecule has 2 aromatic rings. The summed E-state index contributed by atoms with van der Waals surface area (Å²) in [6.45, 7) is 1.86. The Hall–Kier alpha value is -2.27. The normalized spacial score (nSPS) is 10.1. The van der Waals surface area contributed by atoms with Crippen LogP contribution in [0.4, 0.5) is 5.69 Å². The third-order valence-electron chi connectivity index (χ3n) is 2.98. The summed E-state index contributed by atoms with van der Waals surface area (Å²) in [5.41, 5.74) is 1.78. The molecule has 1 amide bonds. The lowest BCUT2D eigenvalue weighted by molar-refractivity contribution is 0.102. The monoisotopic (exact) mass is 306 g/mol. The van der Waals surface area contributed by atoms with Gasteiger partial charge in [0.1, 0.15) is 5.15 Å².